The van der Waals surface area contributed by atoms with Gasteiger partial charge >= 0.3 is 33.4 Å². The van der Waals surface area contributed by atoms with Crippen molar-refractivity contribution in [1.82, 2.24) is 0 Å². The second-order valence-electron chi connectivity index (χ2n) is 4.34. The first-order chi connectivity index (χ1) is 11.0. The molecule has 0 N–H and O–H groups in total. The van der Waals surface area contributed by atoms with Gasteiger partial charge in [0.25, 0.3) is 0 Å². The van der Waals surface area contributed by atoms with Crippen molar-refractivity contribution in [3.05, 3.63) is 29.8 Å². The van der Waals surface area contributed by atoms with E-state index in [1.165, 1.54) is 6.07 Å². The Balaban J connectivity index is 3.37. The zero-order valence-electron chi connectivity index (χ0n) is 11.3. The van der Waals surface area contributed by atoms with Crippen LogP contribution in [0.4, 0.5) is 39.5 Å². The highest BCUT2D eigenvalue weighted by atomic mass is 32.2. The van der Waals surface area contributed by atoms with Crippen LogP contribution in [-0.4, -0.2) is 31.7 Å². The molecular weight excluding hydrogens is 397 g/mol. The number of hydrogen-bond donors (Lipinski definition) is 0. The van der Waals surface area contributed by atoms with Crippen LogP contribution in [0.2, 0.25) is 0 Å². The van der Waals surface area contributed by atoms with Crippen molar-refractivity contribution in [2.45, 2.75) is 23.3 Å². The maximum absolute atomic E-state index is 13.4. The first-order valence-electron chi connectivity index (χ1n) is 5.65. The highest BCUT2D eigenvalue weighted by molar-refractivity contribution is 7.88. The monoisotopic (exact) mass is 401 g/mol. The predicted molar refractivity (Wildman–Crippen MR) is 61.6 cm³/mol. The number of halogens is 9. The Morgan fingerprint density at radius 1 is 0.920 bits per heavy atom. The molecule has 0 bridgehead atoms. The highest BCUT2D eigenvalue weighted by Gasteiger charge is 2.86. The number of hydrogen-bond acceptors (Lipinski definition) is 4. The number of nitrogens with zero attached hydrogens (tertiary/aromatic N) is 1. The van der Waals surface area contributed by atoms with Crippen molar-refractivity contribution >= 4 is 10.1 Å². The average molecular weight is 401 g/mol. The van der Waals surface area contributed by atoms with E-state index in [0.717, 1.165) is 12.1 Å². The van der Waals surface area contributed by atoms with Gasteiger partial charge in [0.15, 0.2) is 0 Å². The summed E-state index contributed by atoms with van der Waals surface area (Å²) in [5.74, 6) is -15.9. The van der Waals surface area contributed by atoms with Crippen molar-refractivity contribution in [3.63, 3.8) is 0 Å². The van der Waals surface area contributed by atoms with Gasteiger partial charge < -0.3 is 4.18 Å². The molecule has 140 valence electrons. The Bertz CT molecular complexity index is 796. The van der Waals surface area contributed by atoms with Gasteiger partial charge in [0.1, 0.15) is 5.75 Å². The van der Waals surface area contributed by atoms with E-state index in [-0.39, 0.29) is 0 Å². The van der Waals surface area contributed by atoms with Crippen LogP contribution in [0.25, 0.3) is 0 Å². The van der Waals surface area contributed by atoms with Crippen molar-refractivity contribution in [2.75, 3.05) is 0 Å². The van der Waals surface area contributed by atoms with Crippen molar-refractivity contribution in [1.29, 1.82) is 5.26 Å². The number of benzene rings is 1. The van der Waals surface area contributed by atoms with Crippen molar-refractivity contribution < 1.29 is 52.1 Å². The molecule has 25 heavy (non-hydrogen) atoms. The lowest BCUT2D eigenvalue weighted by Crippen LogP contribution is -2.63. The number of nitriles is 1. The first kappa shape index (κ1) is 20.9. The van der Waals surface area contributed by atoms with E-state index in [1.807, 2.05) is 0 Å². The Kier molecular flexibility index (Phi) is 4.99. The average Bonchev–Trinajstić information content (AvgIpc) is 2.45. The highest BCUT2D eigenvalue weighted by Crippen LogP contribution is 2.54. The largest absolute Gasteiger partial charge is 0.460 e. The lowest BCUT2D eigenvalue weighted by molar-refractivity contribution is -0.382. The molecule has 0 aliphatic carbocycles. The number of alkyl halides is 9. The molecule has 1 aromatic rings. The molecule has 0 atom stereocenters. The Hall–Kier alpha value is -2.17. The summed E-state index contributed by atoms with van der Waals surface area (Å²) in [5, 5.41) is 1.54. The van der Waals surface area contributed by atoms with E-state index >= 15 is 0 Å². The Morgan fingerprint density at radius 2 is 1.44 bits per heavy atom. The fourth-order valence-electron chi connectivity index (χ4n) is 1.31. The van der Waals surface area contributed by atoms with Crippen LogP contribution in [0.5, 0.6) is 5.75 Å². The van der Waals surface area contributed by atoms with Crippen LogP contribution in [0, 0.1) is 11.3 Å². The summed E-state index contributed by atoms with van der Waals surface area (Å²) in [7, 11) is -7.01. The van der Waals surface area contributed by atoms with Gasteiger partial charge in [-0.15, -0.1) is 0 Å². The molecule has 0 fully saturated rings. The fourth-order valence-corrected chi connectivity index (χ4v) is 2.22. The smallest absolute Gasteiger partial charge is 0.378 e. The molecule has 0 radical (unpaired) electrons. The first-order valence-corrected chi connectivity index (χ1v) is 7.06. The van der Waals surface area contributed by atoms with Gasteiger partial charge in [-0.1, -0.05) is 6.07 Å². The Labute approximate surface area is 133 Å². The summed E-state index contributed by atoms with van der Waals surface area (Å²) in [6.45, 7) is 0. The minimum atomic E-state index is -7.38. The summed E-state index contributed by atoms with van der Waals surface area (Å²) in [4.78, 5) is 0. The Morgan fingerprint density at radius 3 is 1.88 bits per heavy atom. The normalized spacial score (nSPS) is 14.1. The van der Waals surface area contributed by atoms with Crippen LogP contribution in [0.1, 0.15) is 5.56 Å². The van der Waals surface area contributed by atoms with Crippen LogP contribution in [-0.2, 0) is 10.1 Å². The topological polar surface area (TPSA) is 67.2 Å². The van der Waals surface area contributed by atoms with Crippen LogP contribution >= 0.6 is 0 Å². The van der Waals surface area contributed by atoms with Crippen LogP contribution in [0.15, 0.2) is 24.3 Å². The maximum Gasteiger partial charge on any atom is 0.460 e. The van der Waals surface area contributed by atoms with Gasteiger partial charge in [-0.05, 0) is 18.2 Å². The van der Waals surface area contributed by atoms with E-state index in [4.69, 9.17) is 5.26 Å². The zero-order valence-corrected chi connectivity index (χ0v) is 12.1. The van der Waals surface area contributed by atoms with Crippen molar-refractivity contribution in [2.24, 2.45) is 0 Å². The van der Waals surface area contributed by atoms with Gasteiger partial charge in [0, 0.05) is 0 Å². The molecule has 0 spiro atoms. The van der Waals surface area contributed by atoms with E-state index in [1.54, 1.807) is 0 Å². The molecule has 0 unspecified atom stereocenters. The summed E-state index contributed by atoms with van der Waals surface area (Å²) in [6.07, 6.45) is -7.17. The van der Waals surface area contributed by atoms with Crippen LogP contribution < -0.4 is 4.18 Å². The van der Waals surface area contributed by atoms with E-state index in [0.29, 0.717) is 12.1 Å². The minimum absolute atomic E-state index is 0.400. The summed E-state index contributed by atoms with van der Waals surface area (Å²) in [6, 6.07) is 4.26. The molecule has 1 rings (SSSR count). The molecule has 0 aliphatic heterocycles. The third-order valence-electron chi connectivity index (χ3n) is 2.60. The maximum atomic E-state index is 13.4. The SMILES string of the molecule is N#Cc1cccc(OS(=O)(=O)C(F)(F)C(F)(F)C(F)(F)C(F)(F)F)c1. The van der Waals surface area contributed by atoms with E-state index in [9.17, 15) is 47.9 Å². The van der Waals surface area contributed by atoms with Crippen LogP contribution in [0.3, 0.4) is 0 Å². The molecule has 0 heterocycles. The lowest BCUT2D eigenvalue weighted by Gasteiger charge is -2.32. The quantitative estimate of drug-likeness (QED) is 0.558. The zero-order chi connectivity index (χ0) is 19.9. The summed E-state index contributed by atoms with van der Waals surface area (Å²) in [5.41, 5.74) is -0.400. The van der Waals surface area contributed by atoms with Crippen molar-refractivity contribution in [3.8, 4) is 11.8 Å². The molecule has 14 heteroatoms. The molecule has 0 saturated heterocycles. The summed E-state index contributed by atoms with van der Waals surface area (Å²) < 4.78 is 140. The second-order valence-corrected chi connectivity index (χ2v) is 5.93. The van der Waals surface area contributed by atoms with Gasteiger partial charge in [0.2, 0.25) is 0 Å². The molecular formula is C11H4F9NO3S. The van der Waals surface area contributed by atoms with E-state index in [2.05, 4.69) is 4.18 Å². The van der Waals surface area contributed by atoms with Gasteiger partial charge in [-0.25, -0.2) is 0 Å². The summed E-state index contributed by atoms with van der Waals surface area (Å²) >= 11 is 0. The number of rotatable bonds is 5. The molecule has 0 aromatic heterocycles. The fraction of sp³-hybridized carbons (Fsp3) is 0.364. The minimum Gasteiger partial charge on any atom is -0.378 e. The van der Waals surface area contributed by atoms with E-state index < -0.39 is 44.7 Å². The lowest BCUT2D eigenvalue weighted by atomic mass is 10.1. The van der Waals surface area contributed by atoms with Gasteiger partial charge in [-0.2, -0.15) is 53.2 Å². The molecule has 4 nitrogen and oxygen atoms in total. The second kappa shape index (κ2) is 5.97. The molecule has 0 saturated carbocycles. The van der Waals surface area contributed by atoms with Gasteiger partial charge in [-0.3, -0.25) is 0 Å². The molecule has 0 aliphatic rings. The standard InChI is InChI=1S/C11H4F9NO3S/c12-8(13,10(16,17)18)9(14,15)11(19,20)25(22,23)24-7-3-1-2-6(4-7)5-21/h1-4H. The third-order valence-corrected chi connectivity index (χ3v) is 3.90. The molecule has 1 aromatic carbocycles. The molecule has 0 amide bonds. The predicted octanol–water partition coefficient (Wildman–Crippen LogP) is 3.69. The van der Waals surface area contributed by atoms with Gasteiger partial charge in [0.05, 0.1) is 11.6 Å². The third kappa shape index (κ3) is 3.32.